The molecular formula is C10H19N3O4. The van der Waals surface area contributed by atoms with Crippen molar-refractivity contribution in [2.45, 2.75) is 33.2 Å². The third kappa shape index (κ3) is 6.39. The molecule has 0 aromatic rings. The molecule has 0 saturated carbocycles. The normalized spacial score (nSPS) is 12.6. The first-order valence-electron chi connectivity index (χ1n) is 5.20. The molecule has 7 heteroatoms. The van der Waals surface area contributed by atoms with Crippen molar-refractivity contribution >= 4 is 17.9 Å². The van der Waals surface area contributed by atoms with E-state index in [-0.39, 0.29) is 13.0 Å². The van der Waals surface area contributed by atoms with Gasteiger partial charge in [-0.2, -0.15) is 0 Å². The molecule has 5 N–H and O–H groups in total. The van der Waals surface area contributed by atoms with E-state index in [4.69, 9.17) is 10.8 Å². The molecule has 1 atom stereocenters. The number of carbonyl (C=O) groups excluding carboxylic acids is 2. The van der Waals surface area contributed by atoms with Crippen LogP contribution in [0.2, 0.25) is 0 Å². The summed E-state index contributed by atoms with van der Waals surface area (Å²) in [6.07, 6.45) is 0.0146. The molecule has 0 aliphatic heterocycles. The molecule has 0 aromatic carbocycles. The zero-order valence-corrected chi connectivity index (χ0v) is 10.2. The fourth-order valence-corrected chi connectivity index (χ4v) is 1.13. The van der Waals surface area contributed by atoms with E-state index in [9.17, 15) is 14.4 Å². The van der Waals surface area contributed by atoms with Gasteiger partial charge in [0, 0.05) is 13.0 Å². The Balaban J connectivity index is 4.24. The van der Waals surface area contributed by atoms with Crippen molar-refractivity contribution in [1.29, 1.82) is 0 Å². The van der Waals surface area contributed by atoms with Crippen LogP contribution in [0.3, 0.4) is 0 Å². The van der Waals surface area contributed by atoms with Gasteiger partial charge in [0.25, 0.3) is 0 Å². The van der Waals surface area contributed by atoms with E-state index in [0.29, 0.717) is 0 Å². The minimum Gasteiger partial charge on any atom is -0.480 e. The monoisotopic (exact) mass is 245 g/mol. The number of urea groups is 1. The molecule has 0 aliphatic rings. The average molecular weight is 245 g/mol. The average Bonchev–Trinajstić information content (AvgIpc) is 2.11. The molecule has 1 unspecified atom stereocenters. The van der Waals surface area contributed by atoms with Gasteiger partial charge < -0.3 is 21.5 Å². The minimum absolute atomic E-state index is 0.0146. The molecular weight excluding hydrogens is 226 g/mol. The van der Waals surface area contributed by atoms with Gasteiger partial charge in [0.05, 0.1) is 0 Å². The van der Waals surface area contributed by atoms with E-state index < -0.39 is 29.4 Å². The van der Waals surface area contributed by atoms with Crippen LogP contribution in [0.25, 0.3) is 0 Å². The second-order valence-corrected chi connectivity index (χ2v) is 4.75. The van der Waals surface area contributed by atoms with E-state index in [0.717, 1.165) is 0 Å². The van der Waals surface area contributed by atoms with Gasteiger partial charge in [0.15, 0.2) is 0 Å². The molecule has 0 saturated heterocycles. The Morgan fingerprint density at radius 1 is 1.29 bits per heavy atom. The quantitative estimate of drug-likeness (QED) is 0.529. The van der Waals surface area contributed by atoms with Crippen LogP contribution in [0, 0.1) is 5.41 Å². The number of nitrogens with two attached hydrogens (primary N) is 1. The van der Waals surface area contributed by atoms with Crippen molar-refractivity contribution < 1.29 is 19.5 Å². The lowest BCUT2D eigenvalue weighted by Gasteiger charge is -2.27. The largest absolute Gasteiger partial charge is 0.480 e. The van der Waals surface area contributed by atoms with Crippen molar-refractivity contribution in [2.75, 3.05) is 6.54 Å². The third-order valence-electron chi connectivity index (χ3n) is 2.05. The fraction of sp³-hybridized carbons (Fsp3) is 0.700. The van der Waals surface area contributed by atoms with Crippen LogP contribution in [0.4, 0.5) is 4.79 Å². The maximum absolute atomic E-state index is 11.3. The first kappa shape index (κ1) is 15.2. The number of carbonyl (C=O) groups is 3. The molecule has 0 rings (SSSR count). The summed E-state index contributed by atoms with van der Waals surface area (Å²) in [6, 6.07) is -1.63. The van der Waals surface area contributed by atoms with Crippen LogP contribution in [0.15, 0.2) is 0 Å². The van der Waals surface area contributed by atoms with Crippen LogP contribution >= 0.6 is 0 Å². The van der Waals surface area contributed by atoms with Gasteiger partial charge >= 0.3 is 12.0 Å². The Hall–Kier alpha value is -1.79. The standard InChI is InChI=1S/C10H19N3O4/c1-10(2,3)7(8(15)16)13-9(17)12-5-4-6(11)14/h7H,4-5H2,1-3H3,(H2,11,14)(H,15,16)(H2,12,13,17). The Bertz CT molecular complexity index is 309. The molecule has 17 heavy (non-hydrogen) atoms. The minimum atomic E-state index is -1.11. The van der Waals surface area contributed by atoms with Crippen LogP contribution < -0.4 is 16.4 Å². The first-order chi connectivity index (χ1) is 7.64. The maximum atomic E-state index is 11.3. The number of primary amides is 1. The zero-order chi connectivity index (χ0) is 13.6. The number of amides is 3. The van der Waals surface area contributed by atoms with Gasteiger partial charge in [-0.3, -0.25) is 4.79 Å². The summed E-state index contributed by atoms with van der Waals surface area (Å²) in [7, 11) is 0. The summed E-state index contributed by atoms with van der Waals surface area (Å²) in [5.74, 6) is -1.64. The Labute approximate surface area is 99.7 Å². The van der Waals surface area contributed by atoms with Crippen LogP contribution in [-0.2, 0) is 9.59 Å². The number of hydrogen-bond acceptors (Lipinski definition) is 3. The van der Waals surface area contributed by atoms with E-state index in [2.05, 4.69) is 10.6 Å². The first-order valence-corrected chi connectivity index (χ1v) is 5.20. The predicted molar refractivity (Wildman–Crippen MR) is 61.2 cm³/mol. The highest BCUT2D eigenvalue weighted by molar-refractivity contribution is 5.83. The lowest BCUT2D eigenvalue weighted by Crippen LogP contribution is -2.52. The van der Waals surface area contributed by atoms with Gasteiger partial charge in [-0.1, -0.05) is 20.8 Å². The number of nitrogens with one attached hydrogen (secondary N) is 2. The molecule has 0 fully saturated rings. The van der Waals surface area contributed by atoms with Gasteiger partial charge in [0.2, 0.25) is 5.91 Å². The number of carboxylic acid groups (broad SMARTS) is 1. The lowest BCUT2D eigenvalue weighted by atomic mass is 9.87. The topological polar surface area (TPSA) is 122 Å². The molecule has 0 radical (unpaired) electrons. The molecule has 7 nitrogen and oxygen atoms in total. The number of hydrogen-bond donors (Lipinski definition) is 4. The second kappa shape index (κ2) is 6.07. The smallest absolute Gasteiger partial charge is 0.326 e. The van der Waals surface area contributed by atoms with Crippen LogP contribution in [0.1, 0.15) is 27.2 Å². The molecule has 0 heterocycles. The second-order valence-electron chi connectivity index (χ2n) is 4.75. The lowest BCUT2D eigenvalue weighted by molar-refractivity contribution is -0.141. The van der Waals surface area contributed by atoms with E-state index in [1.54, 1.807) is 20.8 Å². The highest BCUT2D eigenvalue weighted by Crippen LogP contribution is 2.19. The van der Waals surface area contributed by atoms with Gasteiger partial charge in [-0.05, 0) is 5.41 Å². The number of aliphatic carboxylic acids is 1. The molecule has 0 bridgehead atoms. The Morgan fingerprint density at radius 2 is 1.82 bits per heavy atom. The summed E-state index contributed by atoms with van der Waals surface area (Å²) >= 11 is 0. The Morgan fingerprint density at radius 3 is 2.18 bits per heavy atom. The van der Waals surface area contributed by atoms with E-state index >= 15 is 0 Å². The molecule has 0 aliphatic carbocycles. The van der Waals surface area contributed by atoms with E-state index in [1.165, 1.54) is 0 Å². The predicted octanol–water partition coefficient (Wildman–Crippen LogP) is -0.340. The molecule has 98 valence electrons. The van der Waals surface area contributed by atoms with Gasteiger partial charge in [0.1, 0.15) is 6.04 Å². The van der Waals surface area contributed by atoms with E-state index in [1.807, 2.05) is 0 Å². The molecule has 0 spiro atoms. The molecule has 0 aromatic heterocycles. The van der Waals surface area contributed by atoms with Crippen LogP contribution in [-0.4, -0.2) is 35.6 Å². The van der Waals surface area contributed by atoms with Crippen molar-refractivity contribution in [3.8, 4) is 0 Å². The Kier molecular flexibility index (Phi) is 5.43. The number of carboxylic acids is 1. The van der Waals surface area contributed by atoms with Crippen LogP contribution in [0.5, 0.6) is 0 Å². The van der Waals surface area contributed by atoms with Gasteiger partial charge in [-0.25, -0.2) is 9.59 Å². The van der Waals surface area contributed by atoms with Crippen molar-refractivity contribution in [2.24, 2.45) is 11.1 Å². The number of rotatable bonds is 5. The summed E-state index contributed by atoms with van der Waals surface area (Å²) in [6.45, 7) is 5.19. The maximum Gasteiger partial charge on any atom is 0.326 e. The highest BCUT2D eigenvalue weighted by atomic mass is 16.4. The van der Waals surface area contributed by atoms with Crippen molar-refractivity contribution in [1.82, 2.24) is 10.6 Å². The summed E-state index contributed by atoms with van der Waals surface area (Å²) in [4.78, 5) is 32.7. The van der Waals surface area contributed by atoms with Crippen molar-refractivity contribution in [3.63, 3.8) is 0 Å². The molecule has 3 amide bonds. The van der Waals surface area contributed by atoms with Gasteiger partial charge in [-0.15, -0.1) is 0 Å². The van der Waals surface area contributed by atoms with Crippen molar-refractivity contribution in [3.05, 3.63) is 0 Å². The summed E-state index contributed by atoms with van der Waals surface area (Å²) < 4.78 is 0. The summed E-state index contributed by atoms with van der Waals surface area (Å²) in [5, 5.41) is 13.6. The summed E-state index contributed by atoms with van der Waals surface area (Å²) in [5.41, 5.74) is 4.29. The fourth-order valence-electron chi connectivity index (χ4n) is 1.13. The zero-order valence-electron chi connectivity index (χ0n) is 10.2. The highest BCUT2D eigenvalue weighted by Gasteiger charge is 2.32. The SMILES string of the molecule is CC(C)(C)C(NC(=O)NCCC(N)=O)C(=O)O. The third-order valence-corrected chi connectivity index (χ3v) is 2.05.